The number of H-pyrrole nitrogens is 1. The molecule has 1 aromatic carbocycles. The molecule has 286 valence electrons. The van der Waals surface area contributed by atoms with Crippen molar-refractivity contribution in [2.75, 3.05) is 27.9 Å². The van der Waals surface area contributed by atoms with E-state index in [-0.39, 0.29) is 78.1 Å². The van der Waals surface area contributed by atoms with Crippen LogP contribution in [0.25, 0.3) is 11.4 Å². The molecule has 1 saturated carbocycles. The van der Waals surface area contributed by atoms with Crippen LogP contribution in [-0.4, -0.2) is 86.5 Å². The molecular weight excluding hydrogens is 660 g/mol. The van der Waals surface area contributed by atoms with Crippen molar-refractivity contribution in [2.24, 2.45) is 23.7 Å². The highest BCUT2D eigenvalue weighted by molar-refractivity contribution is 5.99. The van der Waals surface area contributed by atoms with Gasteiger partial charge < -0.3 is 33.4 Å². The summed E-state index contributed by atoms with van der Waals surface area (Å²) >= 11 is 0. The number of rotatable bonds is 12. The first-order valence-corrected chi connectivity index (χ1v) is 19.5. The molecule has 6 rings (SSSR count). The monoisotopic (exact) mass is 720 g/mol. The molecule has 2 heterocycles. The summed E-state index contributed by atoms with van der Waals surface area (Å²) in [6.45, 7) is 10.5. The number of benzene rings is 1. The molecule has 52 heavy (non-hydrogen) atoms. The van der Waals surface area contributed by atoms with Gasteiger partial charge in [-0.1, -0.05) is 56.2 Å². The molecule has 0 radical (unpaired) electrons. The van der Waals surface area contributed by atoms with Crippen molar-refractivity contribution in [3.8, 4) is 11.4 Å². The number of aryl methyl sites for hydroxylation is 1. The number of Topliss-reactive ketones (excluding diaryl/α,β-unsaturated/α-hetero) is 1. The maximum atomic E-state index is 14.3. The van der Waals surface area contributed by atoms with Crippen LogP contribution in [-0.2, 0) is 38.0 Å². The van der Waals surface area contributed by atoms with Crippen molar-refractivity contribution < 1.29 is 38.0 Å². The number of carbonyl (C=O) groups is 2. The van der Waals surface area contributed by atoms with Gasteiger partial charge in [-0.25, -0.2) is 4.98 Å². The van der Waals surface area contributed by atoms with Crippen molar-refractivity contribution in [1.82, 2.24) is 9.97 Å². The number of allylic oxidation sites excluding steroid dienone is 2. The minimum absolute atomic E-state index is 0.0393. The number of nitrogens with zero attached hydrogens (tertiary/aromatic N) is 1. The lowest BCUT2D eigenvalue weighted by Gasteiger charge is -2.37. The number of carbonyl (C=O) groups excluding carboxylic acids is 2. The second kappa shape index (κ2) is 17.1. The quantitative estimate of drug-likeness (QED) is 0.176. The smallest absolute Gasteiger partial charge is 0.306 e. The number of ketones is 1. The van der Waals surface area contributed by atoms with Gasteiger partial charge in [-0.15, -0.1) is 0 Å². The van der Waals surface area contributed by atoms with E-state index in [4.69, 9.17) is 33.4 Å². The van der Waals surface area contributed by atoms with Gasteiger partial charge in [0.15, 0.2) is 12.1 Å². The van der Waals surface area contributed by atoms with Crippen molar-refractivity contribution in [3.63, 3.8) is 0 Å². The minimum atomic E-state index is -0.680. The van der Waals surface area contributed by atoms with Crippen LogP contribution in [0.3, 0.4) is 0 Å². The van der Waals surface area contributed by atoms with E-state index in [1.165, 1.54) is 5.56 Å². The Morgan fingerprint density at radius 2 is 1.73 bits per heavy atom. The van der Waals surface area contributed by atoms with Crippen LogP contribution in [0.4, 0.5) is 0 Å². The second-order valence-electron chi connectivity index (χ2n) is 15.7. The minimum Gasteiger partial charge on any atom is -0.462 e. The highest BCUT2D eigenvalue weighted by Crippen LogP contribution is 2.61. The summed E-state index contributed by atoms with van der Waals surface area (Å²) in [5, 5.41) is 0. The maximum absolute atomic E-state index is 14.3. The summed E-state index contributed by atoms with van der Waals surface area (Å²) in [7, 11) is 4.96. The molecular formula is C42H60N2O8. The molecule has 1 aliphatic heterocycles. The fraction of sp³-hybridized carbons (Fsp3) is 0.690. The molecule has 1 saturated heterocycles. The van der Waals surface area contributed by atoms with Crippen molar-refractivity contribution in [3.05, 3.63) is 52.9 Å². The van der Waals surface area contributed by atoms with Gasteiger partial charge >= 0.3 is 5.97 Å². The molecule has 2 aromatic rings. The van der Waals surface area contributed by atoms with Gasteiger partial charge in [-0.05, 0) is 76.7 Å². The first kappa shape index (κ1) is 38.8. The lowest BCUT2D eigenvalue weighted by molar-refractivity contribution is -0.255. The summed E-state index contributed by atoms with van der Waals surface area (Å²) in [6.07, 6.45) is 6.50. The Kier molecular flexibility index (Phi) is 12.7. The highest BCUT2D eigenvalue weighted by atomic mass is 16.7. The lowest BCUT2D eigenvalue weighted by atomic mass is 9.67. The number of ether oxygens (including phenoxy) is 6. The fourth-order valence-electron chi connectivity index (χ4n) is 9.17. The largest absolute Gasteiger partial charge is 0.462 e. The van der Waals surface area contributed by atoms with Crippen LogP contribution in [0, 0.1) is 30.6 Å². The van der Waals surface area contributed by atoms with Crippen LogP contribution < -0.4 is 0 Å². The zero-order valence-corrected chi connectivity index (χ0v) is 32.4. The summed E-state index contributed by atoms with van der Waals surface area (Å²) in [4.78, 5) is 37.1. The SMILES string of the molecule is CC[C@H]1CCCC[C@@H](C)C(=O)C2=CC3[C@@H]4C[C@H](OC(OC(C)[C@@H](C)OC)[C@H](COC)OC)CC4c4nc(-c5ccc(C)cc5)[nH]c4[C@H]3[C@@H]2CC(=O)O1. The second-order valence-corrected chi connectivity index (χ2v) is 15.7. The standard InChI is InChI=1S/C42H60N2O8/c1-9-28-13-11-10-12-24(3)40(46)34-20-31-30-18-29(52-42(35(49-8)22-47-6)50-26(5)25(4)48-7)19-33(30)38-39(37(31)32(34)21-36(45)51-28)44-41(43-38)27-16-14-23(2)15-17-27/h14-17,20,24-26,28-33,35,37,42H,9-13,18-19,21-22H2,1-8H3,(H,43,44)/t24-,25-,26?,28+,29+,30+,31?,32-,33?,35+,37-,42?/m1/s1. The number of hydrogen-bond acceptors (Lipinski definition) is 9. The average molecular weight is 721 g/mol. The van der Waals surface area contributed by atoms with E-state index in [2.05, 4.69) is 56.1 Å². The van der Waals surface area contributed by atoms with E-state index in [0.29, 0.717) is 6.61 Å². The van der Waals surface area contributed by atoms with Crippen molar-refractivity contribution >= 4 is 11.8 Å². The van der Waals surface area contributed by atoms with Crippen LogP contribution in [0.15, 0.2) is 35.9 Å². The number of nitrogens with one attached hydrogen (secondary N) is 1. The van der Waals surface area contributed by atoms with Gasteiger partial charge in [0.2, 0.25) is 0 Å². The number of esters is 1. The van der Waals surface area contributed by atoms with Gasteiger partial charge in [0, 0.05) is 56.3 Å². The maximum Gasteiger partial charge on any atom is 0.306 e. The average Bonchev–Trinajstić information content (AvgIpc) is 3.86. The molecule has 4 aliphatic rings. The predicted molar refractivity (Wildman–Crippen MR) is 198 cm³/mol. The van der Waals surface area contributed by atoms with Crippen LogP contribution in [0.5, 0.6) is 0 Å². The Morgan fingerprint density at radius 3 is 2.42 bits per heavy atom. The van der Waals surface area contributed by atoms with Gasteiger partial charge in [0.05, 0.1) is 37.0 Å². The molecule has 3 aliphatic carbocycles. The Balaban J connectivity index is 1.38. The molecule has 10 heteroatoms. The Labute approximate surface area is 309 Å². The first-order chi connectivity index (χ1) is 25.1. The van der Waals surface area contributed by atoms with Gasteiger partial charge in [0.25, 0.3) is 0 Å². The van der Waals surface area contributed by atoms with Crippen molar-refractivity contribution in [1.29, 1.82) is 0 Å². The molecule has 4 unspecified atom stereocenters. The third-order valence-corrected chi connectivity index (χ3v) is 12.4. The van der Waals surface area contributed by atoms with Crippen LogP contribution in [0.1, 0.15) is 108 Å². The number of aromatic nitrogens is 2. The molecule has 0 spiro atoms. The normalized spacial score (nSPS) is 31.5. The summed E-state index contributed by atoms with van der Waals surface area (Å²) in [5.74, 6) is 0.560. The predicted octanol–water partition coefficient (Wildman–Crippen LogP) is 7.45. The molecule has 10 nitrogen and oxygen atoms in total. The van der Waals surface area contributed by atoms with E-state index >= 15 is 0 Å². The zero-order valence-electron chi connectivity index (χ0n) is 32.4. The van der Waals surface area contributed by atoms with Gasteiger partial charge in [-0.3, -0.25) is 9.59 Å². The van der Waals surface area contributed by atoms with Crippen LogP contribution in [0.2, 0.25) is 0 Å². The van der Waals surface area contributed by atoms with Crippen molar-refractivity contribution in [2.45, 2.75) is 135 Å². The molecule has 0 bridgehead atoms. The van der Waals surface area contributed by atoms with E-state index in [1.54, 1.807) is 21.3 Å². The summed E-state index contributed by atoms with van der Waals surface area (Å²) in [6, 6.07) is 8.40. The lowest BCUT2D eigenvalue weighted by Crippen LogP contribution is -2.43. The molecule has 0 amide bonds. The summed E-state index contributed by atoms with van der Waals surface area (Å²) in [5.41, 5.74) is 5.04. The van der Waals surface area contributed by atoms with Gasteiger partial charge in [0.1, 0.15) is 18.0 Å². The Bertz CT molecular complexity index is 1550. The van der Waals surface area contributed by atoms with E-state index in [1.807, 2.05) is 13.8 Å². The summed E-state index contributed by atoms with van der Waals surface area (Å²) < 4.78 is 36.3. The number of methoxy groups -OCH3 is 3. The molecule has 1 aromatic heterocycles. The van der Waals surface area contributed by atoms with E-state index in [9.17, 15) is 9.59 Å². The third kappa shape index (κ3) is 8.11. The Hall–Kier alpha value is -2.89. The molecule has 12 atom stereocenters. The number of imidazole rings is 1. The zero-order chi connectivity index (χ0) is 37.1. The first-order valence-electron chi connectivity index (χ1n) is 19.5. The molecule has 2 fully saturated rings. The third-order valence-electron chi connectivity index (χ3n) is 12.4. The highest BCUT2D eigenvalue weighted by Gasteiger charge is 2.56. The number of hydrogen-bond donors (Lipinski definition) is 1. The topological polar surface area (TPSA) is 118 Å². The number of fused-ring (bicyclic) bond motifs is 8. The molecule has 1 N–H and O–H groups in total. The fourth-order valence-corrected chi connectivity index (χ4v) is 9.17. The number of aromatic amines is 1. The Morgan fingerprint density at radius 1 is 0.981 bits per heavy atom. The number of cyclic esters (lactones) is 1. The van der Waals surface area contributed by atoms with E-state index < -0.39 is 12.4 Å². The van der Waals surface area contributed by atoms with Gasteiger partial charge in [-0.2, -0.15) is 0 Å². The van der Waals surface area contributed by atoms with E-state index in [0.717, 1.165) is 73.3 Å². The van der Waals surface area contributed by atoms with Crippen LogP contribution >= 0.6 is 0 Å².